The number of nitrogens with one attached hydrogen (secondary N) is 1. The van der Waals surface area contributed by atoms with Crippen LogP contribution in [0.15, 0.2) is 18.2 Å². The van der Waals surface area contributed by atoms with Crippen LogP contribution in [0.3, 0.4) is 0 Å². The summed E-state index contributed by atoms with van der Waals surface area (Å²) >= 11 is 0. The molecule has 90 valence electrons. The molecule has 0 saturated carbocycles. The van der Waals surface area contributed by atoms with Gasteiger partial charge in [-0.3, -0.25) is 4.79 Å². The number of carbonyl (C=O) groups is 1. The number of imidazole rings is 1. The zero-order valence-electron chi connectivity index (χ0n) is 10.0. The molecule has 1 heterocycles. The van der Waals surface area contributed by atoms with Gasteiger partial charge in [0.25, 0.3) is 0 Å². The number of aliphatic carboxylic acids is 1. The standard InChI is InChI=1S/C13H16N2O2/c1-3-10(13(16)17)6-9-4-5-11-12(7-9)15-8(2)14-11/h4-5,7,10H,3,6H2,1-2H3,(H,14,15)(H,16,17). The molecule has 2 N–H and O–H groups in total. The van der Waals surface area contributed by atoms with E-state index in [-0.39, 0.29) is 5.92 Å². The molecular weight excluding hydrogens is 216 g/mol. The molecule has 0 radical (unpaired) electrons. The van der Waals surface area contributed by atoms with E-state index in [1.54, 1.807) is 0 Å². The topological polar surface area (TPSA) is 66.0 Å². The number of fused-ring (bicyclic) bond motifs is 1. The number of aromatic amines is 1. The smallest absolute Gasteiger partial charge is 0.306 e. The van der Waals surface area contributed by atoms with Gasteiger partial charge in [0.15, 0.2) is 0 Å². The van der Waals surface area contributed by atoms with Gasteiger partial charge in [-0.05, 0) is 37.5 Å². The van der Waals surface area contributed by atoms with Crippen LogP contribution < -0.4 is 0 Å². The van der Waals surface area contributed by atoms with Gasteiger partial charge in [-0.1, -0.05) is 13.0 Å². The number of rotatable bonds is 4. The van der Waals surface area contributed by atoms with Crippen LogP contribution in [-0.4, -0.2) is 21.0 Å². The molecular formula is C13H16N2O2. The van der Waals surface area contributed by atoms with Crippen LogP contribution in [0.5, 0.6) is 0 Å². The lowest BCUT2D eigenvalue weighted by Crippen LogP contribution is -2.15. The van der Waals surface area contributed by atoms with E-state index in [0.29, 0.717) is 12.8 Å². The quantitative estimate of drug-likeness (QED) is 0.851. The number of aromatic nitrogens is 2. The van der Waals surface area contributed by atoms with Crippen molar-refractivity contribution in [3.05, 3.63) is 29.6 Å². The number of carboxylic acids is 1. The average Bonchev–Trinajstić information content (AvgIpc) is 2.64. The van der Waals surface area contributed by atoms with Crippen molar-refractivity contribution in [1.29, 1.82) is 0 Å². The molecule has 2 aromatic rings. The molecule has 1 atom stereocenters. The minimum atomic E-state index is -0.728. The van der Waals surface area contributed by atoms with Crippen LogP contribution in [0.4, 0.5) is 0 Å². The van der Waals surface area contributed by atoms with E-state index in [4.69, 9.17) is 5.11 Å². The zero-order chi connectivity index (χ0) is 12.4. The van der Waals surface area contributed by atoms with Crippen molar-refractivity contribution in [2.24, 2.45) is 5.92 Å². The number of nitrogens with zero attached hydrogens (tertiary/aromatic N) is 1. The summed E-state index contributed by atoms with van der Waals surface area (Å²) in [6.07, 6.45) is 1.22. The maximum absolute atomic E-state index is 11.0. The number of hydrogen-bond donors (Lipinski definition) is 2. The normalized spacial score (nSPS) is 12.8. The summed E-state index contributed by atoms with van der Waals surface area (Å²) in [5.41, 5.74) is 2.94. The van der Waals surface area contributed by atoms with Crippen LogP contribution in [0, 0.1) is 12.8 Å². The van der Waals surface area contributed by atoms with Crippen LogP contribution in [0.2, 0.25) is 0 Å². The van der Waals surface area contributed by atoms with E-state index in [1.165, 1.54) is 0 Å². The molecule has 0 aliphatic carbocycles. The highest BCUT2D eigenvalue weighted by Gasteiger charge is 2.15. The lowest BCUT2D eigenvalue weighted by Gasteiger charge is -2.09. The molecule has 0 aliphatic heterocycles. The number of benzene rings is 1. The Bertz CT molecular complexity index is 545. The van der Waals surface area contributed by atoms with Crippen molar-refractivity contribution in [2.45, 2.75) is 26.7 Å². The van der Waals surface area contributed by atoms with Crippen molar-refractivity contribution in [3.63, 3.8) is 0 Å². The first-order chi connectivity index (χ1) is 8.10. The molecule has 0 amide bonds. The molecule has 4 heteroatoms. The SMILES string of the molecule is CCC(Cc1ccc2nc(C)[nH]c2c1)C(=O)O. The van der Waals surface area contributed by atoms with Gasteiger partial charge in [-0.2, -0.15) is 0 Å². The Morgan fingerprint density at radius 2 is 2.29 bits per heavy atom. The Hall–Kier alpha value is -1.84. The second-order valence-corrected chi connectivity index (χ2v) is 4.32. The second-order valence-electron chi connectivity index (χ2n) is 4.32. The van der Waals surface area contributed by atoms with Crippen LogP contribution >= 0.6 is 0 Å². The van der Waals surface area contributed by atoms with E-state index in [9.17, 15) is 4.79 Å². The van der Waals surface area contributed by atoms with Gasteiger partial charge in [0.2, 0.25) is 0 Å². The molecule has 0 saturated heterocycles. The van der Waals surface area contributed by atoms with E-state index in [0.717, 1.165) is 22.4 Å². The van der Waals surface area contributed by atoms with Crippen molar-refractivity contribution >= 4 is 17.0 Å². The minimum absolute atomic E-state index is 0.309. The third kappa shape index (κ3) is 2.46. The highest BCUT2D eigenvalue weighted by Crippen LogP contribution is 2.17. The lowest BCUT2D eigenvalue weighted by atomic mass is 9.97. The number of carboxylic acid groups (broad SMARTS) is 1. The summed E-state index contributed by atoms with van der Waals surface area (Å²) in [5, 5.41) is 9.03. The summed E-state index contributed by atoms with van der Waals surface area (Å²) in [6.45, 7) is 3.81. The maximum atomic E-state index is 11.0. The first-order valence-electron chi connectivity index (χ1n) is 5.78. The second kappa shape index (κ2) is 4.57. The molecule has 0 bridgehead atoms. The van der Waals surface area contributed by atoms with Gasteiger partial charge in [0.1, 0.15) is 5.82 Å². The van der Waals surface area contributed by atoms with Crippen molar-refractivity contribution < 1.29 is 9.90 Å². The fourth-order valence-electron chi connectivity index (χ4n) is 2.00. The van der Waals surface area contributed by atoms with E-state index >= 15 is 0 Å². The Kier molecular flexibility index (Phi) is 3.13. The first-order valence-corrected chi connectivity index (χ1v) is 5.78. The Labute approximate surface area is 99.7 Å². The van der Waals surface area contributed by atoms with Gasteiger partial charge in [-0.15, -0.1) is 0 Å². The lowest BCUT2D eigenvalue weighted by molar-refractivity contribution is -0.141. The third-order valence-corrected chi connectivity index (χ3v) is 2.99. The Morgan fingerprint density at radius 3 is 2.94 bits per heavy atom. The van der Waals surface area contributed by atoms with Gasteiger partial charge in [0, 0.05) is 0 Å². The molecule has 0 spiro atoms. The van der Waals surface area contributed by atoms with Gasteiger partial charge in [-0.25, -0.2) is 4.98 Å². The minimum Gasteiger partial charge on any atom is -0.481 e. The molecule has 1 aromatic heterocycles. The first kappa shape index (κ1) is 11.6. The zero-order valence-corrected chi connectivity index (χ0v) is 10.0. The van der Waals surface area contributed by atoms with E-state index < -0.39 is 5.97 Å². The van der Waals surface area contributed by atoms with Crippen LogP contribution in [-0.2, 0) is 11.2 Å². The summed E-state index contributed by atoms with van der Waals surface area (Å²) < 4.78 is 0. The number of H-pyrrole nitrogens is 1. The van der Waals surface area contributed by atoms with Crippen molar-refractivity contribution in [3.8, 4) is 0 Å². The van der Waals surface area contributed by atoms with E-state index in [2.05, 4.69) is 9.97 Å². The van der Waals surface area contributed by atoms with Crippen LogP contribution in [0.1, 0.15) is 24.7 Å². The molecule has 17 heavy (non-hydrogen) atoms. The summed E-state index contributed by atoms with van der Waals surface area (Å²) in [6, 6.07) is 5.87. The summed E-state index contributed by atoms with van der Waals surface area (Å²) in [5.74, 6) is -0.160. The van der Waals surface area contributed by atoms with Crippen LogP contribution in [0.25, 0.3) is 11.0 Å². The third-order valence-electron chi connectivity index (χ3n) is 2.99. The molecule has 0 fully saturated rings. The number of aryl methyl sites for hydroxylation is 1. The fourth-order valence-corrected chi connectivity index (χ4v) is 2.00. The average molecular weight is 232 g/mol. The molecule has 1 unspecified atom stereocenters. The Morgan fingerprint density at radius 1 is 1.53 bits per heavy atom. The largest absolute Gasteiger partial charge is 0.481 e. The molecule has 0 aliphatic rings. The highest BCUT2D eigenvalue weighted by atomic mass is 16.4. The predicted octanol–water partition coefficient (Wildman–Crippen LogP) is 2.52. The van der Waals surface area contributed by atoms with E-state index in [1.807, 2.05) is 32.0 Å². The fraction of sp³-hybridized carbons (Fsp3) is 0.385. The van der Waals surface area contributed by atoms with Gasteiger partial charge in [0.05, 0.1) is 17.0 Å². The number of hydrogen-bond acceptors (Lipinski definition) is 2. The Balaban J connectivity index is 2.26. The molecule has 4 nitrogen and oxygen atoms in total. The van der Waals surface area contributed by atoms with Gasteiger partial charge >= 0.3 is 5.97 Å². The molecule has 2 rings (SSSR count). The maximum Gasteiger partial charge on any atom is 0.306 e. The van der Waals surface area contributed by atoms with Crippen molar-refractivity contribution in [2.75, 3.05) is 0 Å². The van der Waals surface area contributed by atoms with Gasteiger partial charge < -0.3 is 10.1 Å². The van der Waals surface area contributed by atoms with Crippen molar-refractivity contribution in [1.82, 2.24) is 9.97 Å². The summed E-state index contributed by atoms with van der Waals surface area (Å²) in [7, 11) is 0. The summed E-state index contributed by atoms with van der Waals surface area (Å²) in [4.78, 5) is 18.5. The molecule has 1 aromatic carbocycles. The predicted molar refractivity (Wildman–Crippen MR) is 66.0 cm³/mol. The monoisotopic (exact) mass is 232 g/mol. The highest BCUT2D eigenvalue weighted by molar-refractivity contribution is 5.76.